The predicted octanol–water partition coefficient (Wildman–Crippen LogP) is 3.24. The van der Waals surface area contributed by atoms with Gasteiger partial charge in [0.1, 0.15) is 5.75 Å². The molecule has 1 aliphatic carbocycles. The van der Waals surface area contributed by atoms with E-state index in [-0.39, 0.29) is 11.7 Å². The molecule has 0 amide bonds. The zero-order valence-electron chi connectivity index (χ0n) is 9.94. The molecule has 1 N–H and O–H groups in total. The minimum absolute atomic E-state index is 0.176. The molecule has 1 aromatic carbocycles. The smallest absolute Gasteiger partial charge is 0.334 e. The molecule has 0 radical (unpaired) electrons. The molecule has 1 aliphatic rings. The summed E-state index contributed by atoms with van der Waals surface area (Å²) in [5, 5.41) is 9.84. The van der Waals surface area contributed by atoms with E-state index in [4.69, 9.17) is 16.3 Å². The number of ether oxygens (including phenoxy) is 1. The zero-order valence-corrected chi connectivity index (χ0v) is 10.7. The lowest BCUT2D eigenvalue weighted by Crippen LogP contribution is -2.10. The largest absolute Gasteiger partial charge is 0.508 e. The first-order valence-corrected chi connectivity index (χ1v) is 5.98. The minimum atomic E-state index is -0.357. The number of esters is 1. The van der Waals surface area contributed by atoms with E-state index in [0.29, 0.717) is 22.6 Å². The van der Waals surface area contributed by atoms with Crippen LogP contribution in [0.3, 0.4) is 0 Å². The molecule has 0 fully saturated rings. The monoisotopic (exact) mass is 264 g/mol. The molecule has 0 heterocycles. The fraction of sp³-hybridized carbons (Fsp3) is 0.214. The molecule has 94 valence electrons. The molecule has 0 aromatic heterocycles. The molecule has 0 bridgehead atoms. The highest BCUT2D eigenvalue weighted by Gasteiger charge is 2.22. The number of hydrogen-bond donors (Lipinski definition) is 1. The Bertz CT molecular complexity index is 526. The molecule has 0 aliphatic heterocycles. The zero-order chi connectivity index (χ0) is 13.1. The summed E-state index contributed by atoms with van der Waals surface area (Å²) in [5.41, 5.74) is 2.07. The Morgan fingerprint density at radius 2 is 2.00 bits per heavy atom. The van der Waals surface area contributed by atoms with Gasteiger partial charge in [0.2, 0.25) is 0 Å². The highest BCUT2D eigenvalue weighted by Crippen LogP contribution is 2.36. The van der Waals surface area contributed by atoms with Gasteiger partial charge in [-0.2, -0.15) is 0 Å². The van der Waals surface area contributed by atoms with Crippen molar-refractivity contribution in [3.63, 3.8) is 0 Å². The Morgan fingerprint density at radius 1 is 1.33 bits per heavy atom. The first-order chi connectivity index (χ1) is 8.63. The molecular weight excluding hydrogens is 252 g/mol. The van der Waals surface area contributed by atoms with E-state index in [9.17, 15) is 9.90 Å². The number of carbonyl (C=O) groups is 1. The van der Waals surface area contributed by atoms with Gasteiger partial charge in [0, 0.05) is 16.2 Å². The lowest BCUT2D eigenvalue weighted by atomic mass is 9.92. The van der Waals surface area contributed by atoms with E-state index in [2.05, 4.69) is 0 Å². The third-order valence-corrected chi connectivity index (χ3v) is 3.19. The third-order valence-electron chi connectivity index (χ3n) is 2.85. The van der Waals surface area contributed by atoms with Gasteiger partial charge < -0.3 is 9.84 Å². The number of phenolic OH excluding ortho intramolecular Hbond substituents is 1. The first kappa shape index (κ1) is 12.7. The minimum Gasteiger partial charge on any atom is -0.508 e. The van der Waals surface area contributed by atoms with Crippen molar-refractivity contribution in [2.45, 2.75) is 12.8 Å². The Kier molecular flexibility index (Phi) is 3.72. The van der Waals surface area contributed by atoms with E-state index in [1.165, 1.54) is 7.11 Å². The maximum atomic E-state index is 11.7. The van der Waals surface area contributed by atoms with E-state index < -0.39 is 0 Å². The van der Waals surface area contributed by atoms with Gasteiger partial charge in [-0.25, -0.2) is 4.79 Å². The first-order valence-electron chi connectivity index (χ1n) is 5.60. The number of allylic oxidation sites excluding steroid dienone is 3. The summed E-state index contributed by atoms with van der Waals surface area (Å²) in [6, 6.07) is 6.59. The average molecular weight is 265 g/mol. The molecule has 2 rings (SSSR count). The number of aromatic hydroxyl groups is 1. The van der Waals surface area contributed by atoms with Crippen LogP contribution in [0.2, 0.25) is 0 Å². The summed E-state index contributed by atoms with van der Waals surface area (Å²) in [5.74, 6) is -0.181. The quantitative estimate of drug-likeness (QED) is 0.834. The molecule has 0 saturated heterocycles. The van der Waals surface area contributed by atoms with Crippen molar-refractivity contribution in [1.29, 1.82) is 0 Å². The Balaban J connectivity index is 2.53. The average Bonchev–Trinajstić information content (AvgIpc) is 2.39. The maximum Gasteiger partial charge on any atom is 0.334 e. The Labute approximate surface area is 110 Å². The van der Waals surface area contributed by atoms with Gasteiger partial charge in [0.25, 0.3) is 0 Å². The Morgan fingerprint density at radius 3 is 2.61 bits per heavy atom. The van der Waals surface area contributed by atoms with Gasteiger partial charge in [-0.15, -0.1) is 0 Å². The van der Waals surface area contributed by atoms with Crippen molar-refractivity contribution >= 4 is 23.1 Å². The van der Waals surface area contributed by atoms with Crippen LogP contribution in [0.1, 0.15) is 18.4 Å². The van der Waals surface area contributed by atoms with Crippen molar-refractivity contribution in [3.05, 3.63) is 46.5 Å². The molecule has 0 saturated carbocycles. The van der Waals surface area contributed by atoms with Crippen molar-refractivity contribution in [1.82, 2.24) is 0 Å². The second-order valence-electron chi connectivity index (χ2n) is 3.98. The normalized spacial score (nSPS) is 15.3. The van der Waals surface area contributed by atoms with Crippen molar-refractivity contribution < 1.29 is 14.6 Å². The fourth-order valence-corrected chi connectivity index (χ4v) is 2.31. The molecular formula is C14H13ClO3. The third kappa shape index (κ3) is 2.41. The summed E-state index contributed by atoms with van der Waals surface area (Å²) in [6.45, 7) is 0. The van der Waals surface area contributed by atoms with Crippen LogP contribution < -0.4 is 0 Å². The van der Waals surface area contributed by atoms with Gasteiger partial charge in [0.05, 0.1) is 7.11 Å². The highest BCUT2D eigenvalue weighted by atomic mass is 35.5. The number of halogens is 1. The summed E-state index contributed by atoms with van der Waals surface area (Å²) >= 11 is 6.19. The molecule has 1 aromatic rings. The van der Waals surface area contributed by atoms with Crippen molar-refractivity contribution in [2.24, 2.45) is 0 Å². The fourth-order valence-electron chi connectivity index (χ4n) is 1.98. The van der Waals surface area contributed by atoms with Crippen LogP contribution in [-0.4, -0.2) is 18.2 Å². The molecule has 3 nitrogen and oxygen atoms in total. The molecule has 18 heavy (non-hydrogen) atoms. The van der Waals surface area contributed by atoms with Crippen LogP contribution in [0.4, 0.5) is 0 Å². The van der Waals surface area contributed by atoms with Crippen molar-refractivity contribution in [2.75, 3.05) is 7.11 Å². The SMILES string of the molecule is COC(=O)C1=C(c2ccc(O)cc2)C(Cl)=CCC1. The van der Waals surface area contributed by atoms with Crippen LogP contribution in [-0.2, 0) is 9.53 Å². The van der Waals surface area contributed by atoms with Crippen LogP contribution >= 0.6 is 11.6 Å². The van der Waals surface area contributed by atoms with E-state index in [1.54, 1.807) is 24.3 Å². The molecule has 0 spiro atoms. The molecule has 0 unspecified atom stereocenters. The van der Waals surface area contributed by atoms with Crippen LogP contribution in [0.5, 0.6) is 5.75 Å². The van der Waals surface area contributed by atoms with E-state index in [1.807, 2.05) is 6.08 Å². The standard InChI is InChI=1S/C14H13ClO3/c1-18-14(17)11-3-2-4-12(15)13(11)9-5-7-10(16)8-6-9/h4-8,16H,2-3H2,1H3. The van der Waals surface area contributed by atoms with Crippen LogP contribution in [0.15, 0.2) is 40.9 Å². The van der Waals surface area contributed by atoms with E-state index >= 15 is 0 Å². The van der Waals surface area contributed by atoms with Gasteiger partial charge >= 0.3 is 5.97 Å². The number of benzene rings is 1. The number of rotatable bonds is 2. The van der Waals surface area contributed by atoms with Crippen molar-refractivity contribution in [3.8, 4) is 5.75 Å². The van der Waals surface area contributed by atoms with E-state index in [0.717, 1.165) is 12.0 Å². The number of hydrogen-bond acceptors (Lipinski definition) is 3. The summed E-state index contributed by atoms with van der Waals surface area (Å²) < 4.78 is 4.78. The Hall–Kier alpha value is -1.74. The summed E-state index contributed by atoms with van der Waals surface area (Å²) in [6.07, 6.45) is 3.22. The van der Waals surface area contributed by atoms with Gasteiger partial charge in [-0.05, 0) is 30.5 Å². The number of methoxy groups -OCH3 is 1. The number of carbonyl (C=O) groups excluding carboxylic acids is 1. The maximum absolute atomic E-state index is 11.7. The topological polar surface area (TPSA) is 46.5 Å². The second kappa shape index (κ2) is 5.27. The highest BCUT2D eigenvalue weighted by molar-refractivity contribution is 6.38. The van der Waals surface area contributed by atoms with Crippen LogP contribution in [0, 0.1) is 0 Å². The number of phenols is 1. The summed E-state index contributed by atoms with van der Waals surface area (Å²) in [7, 11) is 1.36. The lowest BCUT2D eigenvalue weighted by Gasteiger charge is -2.17. The second-order valence-corrected chi connectivity index (χ2v) is 4.39. The molecule has 0 atom stereocenters. The lowest BCUT2D eigenvalue weighted by molar-refractivity contribution is -0.136. The van der Waals surface area contributed by atoms with Crippen LogP contribution in [0.25, 0.3) is 5.57 Å². The summed E-state index contributed by atoms with van der Waals surface area (Å²) in [4.78, 5) is 11.7. The predicted molar refractivity (Wildman–Crippen MR) is 70.2 cm³/mol. The molecule has 4 heteroatoms. The van der Waals surface area contributed by atoms with Gasteiger partial charge in [-0.3, -0.25) is 0 Å². The van der Waals surface area contributed by atoms with Gasteiger partial charge in [0.15, 0.2) is 0 Å². The van der Waals surface area contributed by atoms with Gasteiger partial charge in [-0.1, -0.05) is 29.8 Å².